The second kappa shape index (κ2) is 3.18. The number of hydrogen-bond donors (Lipinski definition) is 0. The summed E-state index contributed by atoms with van der Waals surface area (Å²) in [5.74, 6) is 1.07. The predicted octanol–water partition coefficient (Wildman–Crippen LogP) is 1.56. The van der Waals surface area contributed by atoms with Gasteiger partial charge in [0.15, 0.2) is 0 Å². The number of alkyl halides is 1. The van der Waals surface area contributed by atoms with Gasteiger partial charge in [-0.15, -0.1) is 0 Å². The summed E-state index contributed by atoms with van der Waals surface area (Å²) in [5.41, 5.74) is 2.33. The van der Waals surface area contributed by atoms with Crippen molar-refractivity contribution in [3.8, 4) is 0 Å². The molecule has 0 saturated heterocycles. The van der Waals surface area contributed by atoms with Crippen LogP contribution in [0.1, 0.15) is 17.0 Å². The SMILES string of the molecule is CN1CCc2onc(CBr)c2C1. The smallest absolute Gasteiger partial charge is 0.142 e. The maximum Gasteiger partial charge on any atom is 0.142 e. The molecule has 1 aliphatic rings. The zero-order chi connectivity index (χ0) is 8.55. The molecule has 0 unspecified atom stereocenters. The molecule has 0 N–H and O–H groups in total. The summed E-state index contributed by atoms with van der Waals surface area (Å²) in [5, 5.41) is 4.79. The average Bonchev–Trinajstić information content (AvgIpc) is 2.46. The highest BCUT2D eigenvalue weighted by atomic mass is 79.9. The first-order valence-electron chi connectivity index (χ1n) is 4.02. The topological polar surface area (TPSA) is 29.3 Å². The quantitative estimate of drug-likeness (QED) is 0.687. The van der Waals surface area contributed by atoms with E-state index in [9.17, 15) is 0 Å². The highest BCUT2D eigenvalue weighted by molar-refractivity contribution is 9.08. The van der Waals surface area contributed by atoms with Gasteiger partial charge >= 0.3 is 0 Å². The third-order valence-electron chi connectivity index (χ3n) is 2.23. The van der Waals surface area contributed by atoms with E-state index < -0.39 is 0 Å². The van der Waals surface area contributed by atoms with E-state index in [1.54, 1.807) is 0 Å². The third kappa shape index (κ3) is 1.29. The Kier molecular flexibility index (Phi) is 2.19. The van der Waals surface area contributed by atoms with Gasteiger partial charge in [-0.3, -0.25) is 0 Å². The van der Waals surface area contributed by atoms with Crippen LogP contribution in [0.4, 0.5) is 0 Å². The number of rotatable bonds is 1. The molecule has 2 heterocycles. The second-order valence-electron chi connectivity index (χ2n) is 3.15. The Morgan fingerprint density at radius 2 is 2.50 bits per heavy atom. The van der Waals surface area contributed by atoms with Crippen LogP contribution < -0.4 is 0 Å². The van der Waals surface area contributed by atoms with Crippen LogP contribution in [0.5, 0.6) is 0 Å². The van der Waals surface area contributed by atoms with Crippen LogP contribution in [-0.4, -0.2) is 23.6 Å². The number of likely N-dealkylation sites (N-methyl/N-ethyl adjacent to an activating group) is 1. The van der Waals surface area contributed by atoms with Gasteiger partial charge in [0.25, 0.3) is 0 Å². The zero-order valence-electron chi connectivity index (χ0n) is 7.01. The molecular weight excluding hydrogens is 220 g/mol. The fraction of sp³-hybridized carbons (Fsp3) is 0.625. The average molecular weight is 231 g/mol. The van der Waals surface area contributed by atoms with Crippen molar-refractivity contribution in [2.75, 3.05) is 13.6 Å². The molecule has 0 bridgehead atoms. The summed E-state index contributed by atoms with van der Waals surface area (Å²) in [6, 6.07) is 0. The van der Waals surface area contributed by atoms with E-state index >= 15 is 0 Å². The monoisotopic (exact) mass is 230 g/mol. The van der Waals surface area contributed by atoms with Gasteiger partial charge in [-0.05, 0) is 7.05 Å². The maximum absolute atomic E-state index is 5.22. The number of aromatic nitrogens is 1. The van der Waals surface area contributed by atoms with Crippen molar-refractivity contribution in [1.29, 1.82) is 0 Å². The molecule has 0 aliphatic carbocycles. The van der Waals surface area contributed by atoms with Crippen molar-refractivity contribution >= 4 is 15.9 Å². The lowest BCUT2D eigenvalue weighted by molar-refractivity contribution is 0.281. The summed E-state index contributed by atoms with van der Waals surface area (Å²) in [4.78, 5) is 2.28. The number of hydrogen-bond acceptors (Lipinski definition) is 3. The third-order valence-corrected chi connectivity index (χ3v) is 2.76. The Bertz CT molecular complexity index is 271. The Morgan fingerprint density at radius 3 is 3.25 bits per heavy atom. The van der Waals surface area contributed by atoms with Crippen LogP contribution >= 0.6 is 15.9 Å². The number of halogens is 1. The minimum atomic E-state index is 0.791. The van der Waals surface area contributed by atoms with Gasteiger partial charge in [0.05, 0.1) is 5.69 Å². The van der Waals surface area contributed by atoms with Crippen molar-refractivity contribution in [3.63, 3.8) is 0 Å². The van der Waals surface area contributed by atoms with E-state index in [-0.39, 0.29) is 0 Å². The maximum atomic E-state index is 5.22. The Morgan fingerprint density at radius 1 is 1.67 bits per heavy atom. The van der Waals surface area contributed by atoms with Crippen LogP contribution in [0.15, 0.2) is 4.52 Å². The van der Waals surface area contributed by atoms with E-state index in [0.29, 0.717) is 0 Å². The molecule has 0 fully saturated rings. The molecule has 1 aliphatic heterocycles. The van der Waals surface area contributed by atoms with Gasteiger partial charge in [-0.2, -0.15) is 0 Å². The Balaban J connectivity index is 2.34. The van der Waals surface area contributed by atoms with E-state index in [2.05, 4.69) is 33.0 Å². The summed E-state index contributed by atoms with van der Waals surface area (Å²) in [6.07, 6.45) is 0.992. The molecule has 2 rings (SSSR count). The molecule has 1 aromatic heterocycles. The lowest BCUT2D eigenvalue weighted by Crippen LogP contribution is -2.26. The molecule has 12 heavy (non-hydrogen) atoms. The summed E-state index contributed by atoms with van der Waals surface area (Å²) in [7, 11) is 2.12. The van der Waals surface area contributed by atoms with Crippen LogP contribution in [0.2, 0.25) is 0 Å². The molecular formula is C8H11BrN2O. The zero-order valence-corrected chi connectivity index (χ0v) is 8.60. The van der Waals surface area contributed by atoms with E-state index in [1.165, 1.54) is 5.56 Å². The Labute approximate surface area is 79.8 Å². The van der Waals surface area contributed by atoms with Crippen molar-refractivity contribution < 1.29 is 4.52 Å². The molecule has 66 valence electrons. The predicted molar refractivity (Wildman–Crippen MR) is 49.2 cm³/mol. The summed E-state index contributed by atoms with van der Waals surface area (Å²) < 4.78 is 5.22. The molecule has 3 nitrogen and oxygen atoms in total. The summed E-state index contributed by atoms with van der Waals surface area (Å²) in [6.45, 7) is 2.05. The lowest BCUT2D eigenvalue weighted by atomic mass is 10.1. The van der Waals surface area contributed by atoms with E-state index in [4.69, 9.17) is 4.52 Å². The number of nitrogens with zero attached hydrogens (tertiary/aromatic N) is 2. The second-order valence-corrected chi connectivity index (χ2v) is 3.71. The van der Waals surface area contributed by atoms with E-state index in [0.717, 1.165) is 36.3 Å². The van der Waals surface area contributed by atoms with Crippen molar-refractivity contribution in [3.05, 3.63) is 17.0 Å². The van der Waals surface area contributed by atoms with Gasteiger partial charge in [-0.25, -0.2) is 0 Å². The fourth-order valence-corrected chi connectivity index (χ4v) is 1.94. The molecule has 0 amide bonds. The normalized spacial score (nSPS) is 17.8. The minimum Gasteiger partial charge on any atom is -0.361 e. The van der Waals surface area contributed by atoms with Crippen LogP contribution in [-0.2, 0) is 18.3 Å². The fourth-order valence-electron chi connectivity index (χ4n) is 1.50. The number of fused-ring (bicyclic) bond motifs is 1. The molecule has 0 saturated carbocycles. The molecule has 0 aromatic carbocycles. The highest BCUT2D eigenvalue weighted by Gasteiger charge is 2.20. The largest absolute Gasteiger partial charge is 0.361 e. The van der Waals surface area contributed by atoms with Gasteiger partial charge in [0, 0.05) is 30.4 Å². The molecule has 0 spiro atoms. The van der Waals surface area contributed by atoms with E-state index in [1.807, 2.05) is 0 Å². The van der Waals surface area contributed by atoms with Crippen LogP contribution in [0, 0.1) is 0 Å². The lowest BCUT2D eigenvalue weighted by Gasteiger charge is -2.20. The molecule has 0 atom stereocenters. The highest BCUT2D eigenvalue weighted by Crippen LogP contribution is 2.22. The minimum absolute atomic E-state index is 0.791. The van der Waals surface area contributed by atoms with Crippen molar-refractivity contribution in [1.82, 2.24) is 10.1 Å². The van der Waals surface area contributed by atoms with Gasteiger partial charge in [0.1, 0.15) is 5.76 Å². The molecule has 1 aromatic rings. The first-order valence-corrected chi connectivity index (χ1v) is 5.14. The first kappa shape index (κ1) is 8.26. The summed E-state index contributed by atoms with van der Waals surface area (Å²) >= 11 is 3.39. The van der Waals surface area contributed by atoms with Crippen molar-refractivity contribution in [2.45, 2.75) is 18.3 Å². The molecule has 0 radical (unpaired) electrons. The van der Waals surface area contributed by atoms with Crippen molar-refractivity contribution in [2.24, 2.45) is 0 Å². The van der Waals surface area contributed by atoms with Crippen LogP contribution in [0.25, 0.3) is 0 Å². The Hall–Kier alpha value is -0.350. The van der Waals surface area contributed by atoms with Gasteiger partial charge in [-0.1, -0.05) is 21.1 Å². The van der Waals surface area contributed by atoms with Gasteiger partial charge in [0.2, 0.25) is 0 Å². The van der Waals surface area contributed by atoms with Crippen LogP contribution in [0.3, 0.4) is 0 Å². The molecule has 4 heteroatoms. The standard InChI is InChI=1S/C8H11BrN2O/c1-11-3-2-8-6(5-11)7(4-9)10-12-8/h2-5H2,1H3. The first-order chi connectivity index (χ1) is 5.81. The van der Waals surface area contributed by atoms with Gasteiger partial charge < -0.3 is 9.42 Å².